The molecular weight excluding hydrogens is 465 g/mol. The second kappa shape index (κ2) is 11.2. The average Bonchev–Trinajstić information content (AvgIpc) is 3.40. The van der Waals surface area contributed by atoms with Gasteiger partial charge in [0.1, 0.15) is 0 Å². The van der Waals surface area contributed by atoms with Gasteiger partial charge in [0.15, 0.2) is 5.78 Å². The van der Waals surface area contributed by atoms with Crippen LogP contribution in [-0.4, -0.2) is 38.4 Å². The number of pyridine rings is 1. The van der Waals surface area contributed by atoms with Gasteiger partial charge in [-0.25, -0.2) is 9.97 Å². The molecule has 0 saturated heterocycles. The van der Waals surface area contributed by atoms with E-state index >= 15 is 0 Å². The lowest BCUT2D eigenvalue weighted by atomic mass is 10.1. The van der Waals surface area contributed by atoms with Gasteiger partial charge in [-0.15, -0.1) is 0 Å². The van der Waals surface area contributed by atoms with Gasteiger partial charge in [-0.3, -0.25) is 14.6 Å². The standard InChI is InChI=1S/C24H28N7O3P/c1-4-33-35(32,34-5-2)23(21-11-14-27-31-21)28-19-9-8-17(3)22(15-19)30-24-26-13-10-20(29-24)18-7-6-12-25-16-18/h6-16,23,28H,4-5H2,1-3H3,(H,27,31)(H,26,29,30). The molecule has 0 aliphatic heterocycles. The molecule has 4 rings (SSSR count). The van der Waals surface area contributed by atoms with Crippen molar-refractivity contribution in [1.82, 2.24) is 25.1 Å². The highest BCUT2D eigenvalue weighted by molar-refractivity contribution is 7.54. The van der Waals surface area contributed by atoms with Crippen molar-refractivity contribution in [2.75, 3.05) is 23.8 Å². The molecule has 0 spiro atoms. The summed E-state index contributed by atoms with van der Waals surface area (Å²) in [7, 11) is -3.55. The number of aromatic nitrogens is 5. The molecule has 1 atom stereocenters. The van der Waals surface area contributed by atoms with Gasteiger partial charge in [-0.2, -0.15) is 5.10 Å². The fraction of sp³-hybridized carbons (Fsp3) is 0.250. The van der Waals surface area contributed by atoms with Crippen LogP contribution in [0.2, 0.25) is 0 Å². The number of hydrogen-bond acceptors (Lipinski definition) is 9. The van der Waals surface area contributed by atoms with Gasteiger partial charge in [0.05, 0.1) is 24.6 Å². The zero-order valence-electron chi connectivity index (χ0n) is 19.8. The van der Waals surface area contributed by atoms with E-state index < -0.39 is 13.4 Å². The lowest BCUT2D eigenvalue weighted by Crippen LogP contribution is -2.16. The quantitative estimate of drug-likeness (QED) is 0.226. The molecule has 3 heterocycles. The highest BCUT2D eigenvalue weighted by Gasteiger charge is 2.38. The van der Waals surface area contributed by atoms with E-state index in [2.05, 4.69) is 35.8 Å². The van der Waals surface area contributed by atoms with Gasteiger partial charge in [0.25, 0.3) is 0 Å². The van der Waals surface area contributed by atoms with Crippen molar-refractivity contribution in [2.24, 2.45) is 0 Å². The summed E-state index contributed by atoms with van der Waals surface area (Å²) in [6.07, 6.45) is 6.77. The van der Waals surface area contributed by atoms with E-state index in [0.717, 1.165) is 22.5 Å². The first kappa shape index (κ1) is 24.5. The van der Waals surface area contributed by atoms with Crippen molar-refractivity contribution in [3.8, 4) is 11.3 Å². The zero-order valence-corrected chi connectivity index (χ0v) is 20.7. The number of anilines is 3. The molecule has 0 bridgehead atoms. The number of aryl methyl sites for hydroxylation is 1. The van der Waals surface area contributed by atoms with Gasteiger partial charge in [0, 0.05) is 41.7 Å². The minimum Gasteiger partial charge on any atom is -0.367 e. The summed E-state index contributed by atoms with van der Waals surface area (Å²) in [4.78, 5) is 13.1. The predicted molar refractivity (Wildman–Crippen MR) is 136 cm³/mol. The van der Waals surface area contributed by atoms with E-state index in [0.29, 0.717) is 17.3 Å². The SMILES string of the molecule is CCOP(=O)(OCC)C(Nc1ccc(C)c(Nc2nccc(-c3cccnc3)n2)c1)c1ccn[nH]1. The number of H-pyrrole nitrogens is 1. The minimum absolute atomic E-state index is 0.245. The van der Waals surface area contributed by atoms with Crippen LogP contribution >= 0.6 is 7.60 Å². The van der Waals surface area contributed by atoms with E-state index in [1.54, 1.807) is 44.7 Å². The first-order chi connectivity index (χ1) is 17.0. The molecule has 4 aromatic rings. The number of rotatable bonds is 11. The maximum Gasteiger partial charge on any atom is 0.358 e. The highest BCUT2D eigenvalue weighted by Crippen LogP contribution is 2.60. The van der Waals surface area contributed by atoms with Crippen LogP contribution in [0.1, 0.15) is 30.9 Å². The Morgan fingerprint density at radius 3 is 2.57 bits per heavy atom. The summed E-state index contributed by atoms with van der Waals surface area (Å²) in [5.41, 5.74) is 4.75. The lowest BCUT2D eigenvalue weighted by Gasteiger charge is -2.27. The molecule has 3 aromatic heterocycles. The summed E-state index contributed by atoms with van der Waals surface area (Å²) in [5, 5.41) is 13.5. The lowest BCUT2D eigenvalue weighted by molar-refractivity contribution is 0.214. The van der Waals surface area contributed by atoms with Crippen molar-refractivity contribution in [1.29, 1.82) is 0 Å². The maximum absolute atomic E-state index is 13.6. The number of aromatic amines is 1. The Labute approximate surface area is 204 Å². The summed E-state index contributed by atoms with van der Waals surface area (Å²) >= 11 is 0. The molecular formula is C24H28N7O3P. The average molecular weight is 494 g/mol. The fourth-order valence-electron chi connectivity index (χ4n) is 3.51. The Hall–Kier alpha value is -3.59. The maximum atomic E-state index is 13.6. The molecule has 0 radical (unpaired) electrons. The van der Waals surface area contributed by atoms with Gasteiger partial charge in [-0.1, -0.05) is 6.07 Å². The monoisotopic (exact) mass is 493 g/mol. The van der Waals surface area contributed by atoms with Crippen molar-refractivity contribution in [2.45, 2.75) is 26.6 Å². The topological polar surface area (TPSA) is 127 Å². The van der Waals surface area contributed by atoms with E-state index in [1.807, 2.05) is 43.3 Å². The van der Waals surface area contributed by atoms with Gasteiger partial charge >= 0.3 is 7.60 Å². The molecule has 0 amide bonds. The van der Waals surface area contributed by atoms with Crippen molar-refractivity contribution >= 4 is 24.9 Å². The third kappa shape index (κ3) is 5.92. The number of nitrogens with one attached hydrogen (secondary N) is 3. The number of nitrogens with zero attached hydrogens (tertiary/aromatic N) is 4. The molecule has 0 fully saturated rings. The normalized spacial score (nSPS) is 12.3. The first-order valence-corrected chi connectivity index (χ1v) is 12.9. The Bertz CT molecular complexity index is 1280. The molecule has 0 aliphatic carbocycles. The van der Waals surface area contributed by atoms with E-state index in [-0.39, 0.29) is 13.2 Å². The van der Waals surface area contributed by atoms with Crippen LogP contribution in [0.5, 0.6) is 0 Å². The van der Waals surface area contributed by atoms with Crippen LogP contribution < -0.4 is 10.6 Å². The summed E-state index contributed by atoms with van der Waals surface area (Å²) in [5.74, 6) is -0.323. The van der Waals surface area contributed by atoms with Crippen molar-refractivity contribution < 1.29 is 13.6 Å². The molecule has 35 heavy (non-hydrogen) atoms. The molecule has 11 heteroatoms. The second-order valence-electron chi connectivity index (χ2n) is 7.60. The molecule has 10 nitrogen and oxygen atoms in total. The zero-order chi connectivity index (χ0) is 24.7. The molecule has 182 valence electrons. The predicted octanol–water partition coefficient (Wildman–Crippen LogP) is 5.69. The molecule has 0 saturated carbocycles. The van der Waals surface area contributed by atoms with E-state index in [4.69, 9.17) is 9.05 Å². The summed E-state index contributed by atoms with van der Waals surface area (Å²) in [6.45, 7) is 6.03. The summed E-state index contributed by atoms with van der Waals surface area (Å²) in [6, 6.07) is 13.1. The number of benzene rings is 1. The summed E-state index contributed by atoms with van der Waals surface area (Å²) < 4.78 is 24.9. The Kier molecular flexibility index (Phi) is 7.87. The molecule has 0 aliphatic rings. The van der Waals surface area contributed by atoms with E-state index in [1.165, 1.54) is 0 Å². The largest absolute Gasteiger partial charge is 0.367 e. The Morgan fingerprint density at radius 1 is 1.06 bits per heavy atom. The smallest absolute Gasteiger partial charge is 0.358 e. The van der Waals surface area contributed by atoms with Crippen LogP contribution in [0, 0.1) is 6.92 Å². The van der Waals surface area contributed by atoms with Crippen LogP contribution in [0.25, 0.3) is 11.3 Å². The first-order valence-electron chi connectivity index (χ1n) is 11.3. The van der Waals surface area contributed by atoms with Crippen molar-refractivity contribution in [3.63, 3.8) is 0 Å². The van der Waals surface area contributed by atoms with E-state index in [9.17, 15) is 4.57 Å². The van der Waals surface area contributed by atoms with Crippen LogP contribution in [0.15, 0.2) is 67.3 Å². The minimum atomic E-state index is -3.55. The van der Waals surface area contributed by atoms with Gasteiger partial charge < -0.3 is 19.7 Å². The van der Waals surface area contributed by atoms with Gasteiger partial charge in [-0.05, 0) is 62.7 Å². The third-order valence-corrected chi connectivity index (χ3v) is 7.43. The molecule has 1 aromatic carbocycles. The number of hydrogen-bond donors (Lipinski definition) is 3. The fourth-order valence-corrected chi connectivity index (χ4v) is 5.40. The van der Waals surface area contributed by atoms with Crippen LogP contribution in [0.4, 0.5) is 17.3 Å². The van der Waals surface area contributed by atoms with Crippen LogP contribution in [0.3, 0.4) is 0 Å². The molecule has 3 N–H and O–H groups in total. The van der Waals surface area contributed by atoms with Crippen molar-refractivity contribution in [3.05, 3.63) is 78.5 Å². The Balaban J connectivity index is 1.62. The second-order valence-corrected chi connectivity index (χ2v) is 9.71. The third-order valence-electron chi connectivity index (χ3n) is 5.15. The highest BCUT2D eigenvalue weighted by atomic mass is 31.2. The molecule has 1 unspecified atom stereocenters. The van der Waals surface area contributed by atoms with Gasteiger partial charge in [0.2, 0.25) is 5.95 Å². The van der Waals surface area contributed by atoms with Crippen LogP contribution in [-0.2, 0) is 13.6 Å². The Morgan fingerprint density at radius 2 is 1.89 bits per heavy atom.